The largest absolute Gasteiger partial charge is 0.444 e. The molecule has 146 valence electrons. The number of H-pyrrole nitrogens is 1. The average molecular weight is 374 g/mol. The number of nitrogens with zero attached hydrogens (tertiary/aromatic N) is 1. The van der Waals surface area contributed by atoms with Crippen molar-refractivity contribution in [1.82, 2.24) is 20.8 Å². The molecule has 0 aliphatic carbocycles. The number of ether oxygens (including phenoxy) is 1. The highest BCUT2D eigenvalue weighted by Gasteiger charge is 2.30. The molecule has 8 heteroatoms. The molecule has 2 aromatic rings. The third-order valence-corrected chi connectivity index (χ3v) is 3.66. The van der Waals surface area contributed by atoms with Gasteiger partial charge in [-0.3, -0.25) is 9.89 Å². The maximum Gasteiger partial charge on any atom is 0.407 e. The molecule has 1 aromatic carbocycles. The van der Waals surface area contributed by atoms with E-state index in [0.717, 1.165) is 5.56 Å². The molecule has 0 aliphatic heterocycles. The lowest BCUT2D eigenvalue weighted by molar-refractivity contribution is -0.130. The summed E-state index contributed by atoms with van der Waals surface area (Å²) in [5, 5.41) is 22.3. The summed E-state index contributed by atoms with van der Waals surface area (Å²) in [5.41, 5.74) is 0.887. The summed E-state index contributed by atoms with van der Waals surface area (Å²) >= 11 is 0. The van der Waals surface area contributed by atoms with E-state index in [1.54, 1.807) is 33.0 Å². The molecule has 0 radical (unpaired) electrons. The zero-order valence-electron chi connectivity index (χ0n) is 15.7. The van der Waals surface area contributed by atoms with Crippen molar-refractivity contribution in [2.75, 3.05) is 0 Å². The molecule has 1 heterocycles. The molecule has 1 unspecified atom stereocenters. The number of alkyl carbamates (subject to hydrolysis) is 1. The van der Waals surface area contributed by atoms with Crippen LogP contribution < -0.4 is 10.6 Å². The number of hydrogen-bond acceptors (Lipinski definition) is 5. The highest BCUT2D eigenvalue weighted by Crippen LogP contribution is 2.09. The lowest BCUT2D eigenvalue weighted by Crippen LogP contribution is -2.52. The predicted molar refractivity (Wildman–Crippen MR) is 99.7 cm³/mol. The number of aliphatic hydroxyl groups is 1. The smallest absolute Gasteiger partial charge is 0.407 e. The number of carbonyl (C=O) groups excluding carboxylic acids is 2. The summed E-state index contributed by atoms with van der Waals surface area (Å²) in [5.74, 6) is -0.584. The Morgan fingerprint density at radius 2 is 1.93 bits per heavy atom. The Balaban J connectivity index is 2.01. The van der Waals surface area contributed by atoms with Crippen LogP contribution in [0.15, 0.2) is 42.6 Å². The van der Waals surface area contributed by atoms with Gasteiger partial charge in [0.05, 0.1) is 6.04 Å². The molecule has 2 rings (SSSR count). The minimum Gasteiger partial charge on any atom is -0.444 e. The van der Waals surface area contributed by atoms with E-state index in [-0.39, 0.29) is 13.0 Å². The Labute approximate surface area is 158 Å². The van der Waals surface area contributed by atoms with Gasteiger partial charge in [0.15, 0.2) is 6.10 Å². The normalized spacial score (nSPS) is 13.5. The van der Waals surface area contributed by atoms with Gasteiger partial charge < -0.3 is 20.5 Å². The van der Waals surface area contributed by atoms with Crippen LogP contribution in [0.2, 0.25) is 0 Å². The number of amides is 2. The van der Waals surface area contributed by atoms with E-state index in [1.807, 2.05) is 30.3 Å². The van der Waals surface area contributed by atoms with Crippen molar-refractivity contribution >= 4 is 12.0 Å². The molecule has 2 amide bonds. The van der Waals surface area contributed by atoms with Gasteiger partial charge in [-0.2, -0.15) is 5.10 Å². The van der Waals surface area contributed by atoms with Gasteiger partial charge in [0.2, 0.25) is 0 Å². The lowest BCUT2D eigenvalue weighted by atomic mass is 10.0. The van der Waals surface area contributed by atoms with Gasteiger partial charge in [-0.15, -0.1) is 0 Å². The second kappa shape index (κ2) is 9.18. The second-order valence-electron chi connectivity index (χ2n) is 7.19. The predicted octanol–water partition coefficient (Wildman–Crippen LogP) is 1.52. The molecule has 0 fully saturated rings. The van der Waals surface area contributed by atoms with Gasteiger partial charge in [-0.05, 0) is 32.4 Å². The van der Waals surface area contributed by atoms with Gasteiger partial charge >= 0.3 is 6.09 Å². The topological polar surface area (TPSA) is 116 Å². The van der Waals surface area contributed by atoms with Crippen LogP contribution in [0.4, 0.5) is 4.79 Å². The van der Waals surface area contributed by atoms with Gasteiger partial charge in [0.25, 0.3) is 5.91 Å². The monoisotopic (exact) mass is 374 g/mol. The minimum absolute atomic E-state index is 0.194. The van der Waals surface area contributed by atoms with E-state index in [9.17, 15) is 14.7 Å². The first-order chi connectivity index (χ1) is 12.7. The molecule has 1 aromatic heterocycles. The standard InChI is InChI=1S/C19H26N4O4/c1-19(2,3)27-18(26)22-15(11-14-9-10-21-23-14)16(24)17(25)20-12-13-7-5-4-6-8-13/h4-10,15-16,24H,11-12H2,1-3H3,(H,20,25)(H,21,23)(H,22,26)/t15-,16?/m0/s1. The highest BCUT2D eigenvalue weighted by atomic mass is 16.6. The van der Waals surface area contributed by atoms with Crippen LogP contribution in [0.3, 0.4) is 0 Å². The Hall–Kier alpha value is -2.87. The fourth-order valence-corrected chi connectivity index (χ4v) is 2.41. The Morgan fingerprint density at radius 1 is 1.22 bits per heavy atom. The van der Waals surface area contributed by atoms with Crippen LogP contribution >= 0.6 is 0 Å². The lowest BCUT2D eigenvalue weighted by Gasteiger charge is -2.26. The van der Waals surface area contributed by atoms with Gasteiger partial charge in [-0.25, -0.2) is 4.79 Å². The van der Waals surface area contributed by atoms with E-state index in [4.69, 9.17) is 4.74 Å². The van der Waals surface area contributed by atoms with Crippen LogP contribution in [0.25, 0.3) is 0 Å². The molecule has 0 aliphatic rings. The molecule has 27 heavy (non-hydrogen) atoms. The van der Waals surface area contributed by atoms with Gasteiger partial charge in [-0.1, -0.05) is 30.3 Å². The number of aromatic amines is 1. The van der Waals surface area contributed by atoms with E-state index in [2.05, 4.69) is 20.8 Å². The number of aliphatic hydroxyl groups excluding tert-OH is 1. The quantitative estimate of drug-likeness (QED) is 0.586. The number of carbonyl (C=O) groups is 2. The SMILES string of the molecule is CC(C)(C)OC(=O)N[C@@H](Cc1ccn[nH]1)C(O)C(=O)NCc1ccccc1. The molecule has 0 saturated carbocycles. The maximum absolute atomic E-state index is 12.4. The van der Waals surface area contributed by atoms with Crippen LogP contribution in [0.1, 0.15) is 32.0 Å². The van der Waals surface area contributed by atoms with Crippen molar-refractivity contribution in [1.29, 1.82) is 0 Å². The van der Waals surface area contributed by atoms with E-state index < -0.39 is 29.7 Å². The van der Waals surface area contributed by atoms with Crippen molar-refractivity contribution in [2.24, 2.45) is 0 Å². The van der Waals surface area contributed by atoms with Crippen LogP contribution in [-0.4, -0.2) is 45.1 Å². The first-order valence-electron chi connectivity index (χ1n) is 8.72. The fraction of sp³-hybridized carbons (Fsp3) is 0.421. The third-order valence-electron chi connectivity index (χ3n) is 3.66. The zero-order chi connectivity index (χ0) is 19.9. The fourth-order valence-electron chi connectivity index (χ4n) is 2.41. The number of nitrogens with one attached hydrogen (secondary N) is 3. The average Bonchev–Trinajstić information content (AvgIpc) is 3.11. The van der Waals surface area contributed by atoms with Crippen LogP contribution in [-0.2, 0) is 22.5 Å². The summed E-state index contributed by atoms with van der Waals surface area (Å²) in [6.45, 7) is 5.48. The summed E-state index contributed by atoms with van der Waals surface area (Å²) in [4.78, 5) is 24.5. The van der Waals surface area contributed by atoms with Crippen LogP contribution in [0, 0.1) is 0 Å². The number of aromatic nitrogens is 2. The third kappa shape index (κ3) is 7.10. The van der Waals surface area contributed by atoms with Crippen molar-refractivity contribution in [3.05, 3.63) is 53.9 Å². The summed E-state index contributed by atoms with van der Waals surface area (Å²) in [6.07, 6.45) is -0.410. The highest BCUT2D eigenvalue weighted by molar-refractivity contribution is 5.82. The number of rotatable bonds is 7. The maximum atomic E-state index is 12.4. The van der Waals surface area contributed by atoms with E-state index in [1.165, 1.54) is 0 Å². The first-order valence-corrected chi connectivity index (χ1v) is 8.72. The minimum atomic E-state index is -1.45. The molecule has 4 N–H and O–H groups in total. The summed E-state index contributed by atoms with van der Waals surface area (Å²) < 4.78 is 5.23. The second-order valence-corrected chi connectivity index (χ2v) is 7.19. The van der Waals surface area contributed by atoms with Gasteiger partial charge in [0, 0.05) is 24.9 Å². The van der Waals surface area contributed by atoms with Crippen molar-refractivity contribution in [3.63, 3.8) is 0 Å². The molecule has 2 atom stereocenters. The molecule has 8 nitrogen and oxygen atoms in total. The molecule has 0 bridgehead atoms. The first kappa shape index (κ1) is 20.4. The Kier molecular flexibility index (Phi) is 6.95. The summed E-state index contributed by atoms with van der Waals surface area (Å²) in [7, 11) is 0. The Morgan fingerprint density at radius 3 is 2.52 bits per heavy atom. The number of benzene rings is 1. The molecular weight excluding hydrogens is 348 g/mol. The summed E-state index contributed by atoms with van der Waals surface area (Å²) in [6, 6.07) is 10.2. The molecular formula is C19H26N4O4. The Bertz CT molecular complexity index is 726. The van der Waals surface area contributed by atoms with Crippen LogP contribution in [0.5, 0.6) is 0 Å². The zero-order valence-corrected chi connectivity index (χ0v) is 15.7. The molecule has 0 spiro atoms. The number of hydrogen-bond donors (Lipinski definition) is 4. The van der Waals surface area contributed by atoms with Crippen molar-refractivity contribution in [3.8, 4) is 0 Å². The van der Waals surface area contributed by atoms with Crippen molar-refractivity contribution < 1.29 is 19.4 Å². The van der Waals surface area contributed by atoms with E-state index in [0.29, 0.717) is 5.69 Å². The van der Waals surface area contributed by atoms with Crippen molar-refractivity contribution in [2.45, 2.75) is 51.5 Å². The van der Waals surface area contributed by atoms with Gasteiger partial charge in [0.1, 0.15) is 5.60 Å². The molecule has 0 saturated heterocycles. The van der Waals surface area contributed by atoms with E-state index >= 15 is 0 Å².